The van der Waals surface area contributed by atoms with Crippen LogP contribution in [0.5, 0.6) is 5.75 Å². The summed E-state index contributed by atoms with van der Waals surface area (Å²) in [7, 11) is 0. The van der Waals surface area contributed by atoms with Crippen molar-refractivity contribution in [3.05, 3.63) is 23.8 Å². The van der Waals surface area contributed by atoms with E-state index in [9.17, 15) is 9.59 Å². The van der Waals surface area contributed by atoms with Gasteiger partial charge < -0.3 is 19.7 Å². The van der Waals surface area contributed by atoms with Gasteiger partial charge >= 0.3 is 5.97 Å². The van der Waals surface area contributed by atoms with Crippen LogP contribution in [0.25, 0.3) is 0 Å². The minimum absolute atomic E-state index is 0.0173. The smallest absolute Gasteiger partial charge is 0.307 e. The highest BCUT2D eigenvalue weighted by molar-refractivity contribution is 5.96. The van der Waals surface area contributed by atoms with Crippen LogP contribution in [0.2, 0.25) is 0 Å². The van der Waals surface area contributed by atoms with E-state index in [1.54, 1.807) is 11.8 Å². The van der Waals surface area contributed by atoms with Crippen LogP contribution in [0.15, 0.2) is 18.2 Å². The van der Waals surface area contributed by atoms with Gasteiger partial charge in [-0.25, -0.2) is 0 Å². The molecule has 27 heavy (non-hydrogen) atoms. The van der Waals surface area contributed by atoms with Gasteiger partial charge in [0.15, 0.2) is 0 Å². The largest absolute Gasteiger partial charge is 0.490 e. The van der Waals surface area contributed by atoms with Gasteiger partial charge in [0.25, 0.3) is 0 Å². The fraction of sp³-hybridized carbons (Fsp3) is 0.619. The molecule has 2 rings (SSSR count). The summed E-state index contributed by atoms with van der Waals surface area (Å²) in [6.45, 7) is 7.80. The van der Waals surface area contributed by atoms with Crippen LogP contribution in [0.4, 0.5) is 5.69 Å². The zero-order valence-corrected chi connectivity index (χ0v) is 16.8. The molecule has 150 valence electrons. The number of ether oxygens (including phenoxy) is 2. The summed E-state index contributed by atoms with van der Waals surface area (Å²) < 4.78 is 11.0. The standard InChI is InChI=1S/C21H32N2O4/c1-4-7-17(5-2)27-18-8-9-19-16(14-18)11-13-23(19)20(24)15-22-12-10-21(25)26-6-3/h8-9,14,17,22H,4-7,10-13,15H2,1-3H3. The molecule has 0 saturated heterocycles. The molecular weight excluding hydrogens is 344 g/mol. The summed E-state index contributed by atoms with van der Waals surface area (Å²) in [6.07, 6.45) is 4.51. The van der Waals surface area contributed by atoms with Crippen LogP contribution in [0, 0.1) is 0 Å². The third kappa shape index (κ3) is 6.24. The first-order valence-corrected chi connectivity index (χ1v) is 10.0. The topological polar surface area (TPSA) is 67.9 Å². The molecule has 6 nitrogen and oxygen atoms in total. The molecule has 1 aromatic rings. The predicted molar refractivity (Wildman–Crippen MR) is 106 cm³/mol. The van der Waals surface area contributed by atoms with Crippen molar-refractivity contribution in [1.82, 2.24) is 5.32 Å². The maximum absolute atomic E-state index is 12.5. The van der Waals surface area contributed by atoms with Crippen molar-refractivity contribution in [2.45, 2.75) is 59.0 Å². The molecule has 0 fully saturated rings. The van der Waals surface area contributed by atoms with Crippen LogP contribution >= 0.6 is 0 Å². The quantitative estimate of drug-likeness (QED) is 0.475. The molecule has 1 heterocycles. The second-order valence-corrected chi connectivity index (χ2v) is 6.75. The number of benzene rings is 1. The van der Waals surface area contributed by atoms with Gasteiger partial charge in [0.2, 0.25) is 5.91 Å². The number of anilines is 1. The molecule has 0 aromatic heterocycles. The SMILES string of the molecule is CCCC(CC)Oc1ccc2c(c1)CCN2C(=O)CNCCC(=O)OCC. The van der Waals surface area contributed by atoms with Gasteiger partial charge in [0, 0.05) is 18.8 Å². The highest BCUT2D eigenvalue weighted by Gasteiger charge is 2.25. The Bertz CT molecular complexity index is 633. The summed E-state index contributed by atoms with van der Waals surface area (Å²) >= 11 is 0. The maximum Gasteiger partial charge on any atom is 0.307 e. The predicted octanol–water partition coefficient (Wildman–Crippen LogP) is 3.08. The molecule has 1 atom stereocenters. The minimum Gasteiger partial charge on any atom is -0.490 e. The molecule has 1 unspecified atom stereocenters. The normalized spacial score (nSPS) is 14.0. The van der Waals surface area contributed by atoms with Crippen molar-refractivity contribution < 1.29 is 19.1 Å². The van der Waals surface area contributed by atoms with Gasteiger partial charge in [-0.3, -0.25) is 9.59 Å². The summed E-state index contributed by atoms with van der Waals surface area (Å²) in [6, 6.07) is 6.00. The van der Waals surface area contributed by atoms with E-state index in [-0.39, 0.29) is 30.9 Å². The lowest BCUT2D eigenvalue weighted by Gasteiger charge is -2.19. The molecule has 0 saturated carbocycles. The Morgan fingerprint density at radius 2 is 2.07 bits per heavy atom. The molecule has 1 amide bonds. The zero-order valence-electron chi connectivity index (χ0n) is 16.8. The van der Waals surface area contributed by atoms with Crippen molar-refractivity contribution >= 4 is 17.6 Å². The van der Waals surface area contributed by atoms with Crippen molar-refractivity contribution in [3.8, 4) is 5.75 Å². The molecule has 1 aromatic carbocycles. The molecule has 1 aliphatic heterocycles. The Hall–Kier alpha value is -2.08. The summed E-state index contributed by atoms with van der Waals surface area (Å²) in [5.41, 5.74) is 2.11. The number of hydrogen-bond acceptors (Lipinski definition) is 5. The van der Waals surface area contributed by atoms with Gasteiger partial charge in [-0.1, -0.05) is 20.3 Å². The second kappa shape index (κ2) is 10.9. The number of fused-ring (bicyclic) bond motifs is 1. The van der Waals surface area contributed by atoms with Crippen molar-refractivity contribution in [2.75, 3.05) is 31.1 Å². The maximum atomic E-state index is 12.5. The number of esters is 1. The van der Waals surface area contributed by atoms with Crippen molar-refractivity contribution in [3.63, 3.8) is 0 Å². The van der Waals surface area contributed by atoms with Gasteiger partial charge in [-0.2, -0.15) is 0 Å². The summed E-state index contributed by atoms with van der Waals surface area (Å²) in [4.78, 5) is 25.6. The van der Waals surface area contributed by atoms with Crippen LogP contribution in [-0.4, -0.2) is 44.2 Å². The lowest BCUT2D eigenvalue weighted by atomic mass is 10.1. The van der Waals surface area contributed by atoms with Crippen LogP contribution in [-0.2, 0) is 20.7 Å². The molecule has 6 heteroatoms. The van der Waals surface area contributed by atoms with Gasteiger partial charge in [-0.15, -0.1) is 0 Å². The van der Waals surface area contributed by atoms with E-state index in [4.69, 9.17) is 9.47 Å². The van der Waals surface area contributed by atoms with Crippen LogP contribution in [0.3, 0.4) is 0 Å². The van der Waals surface area contributed by atoms with E-state index in [1.807, 2.05) is 12.1 Å². The van der Waals surface area contributed by atoms with Crippen molar-refractivity contribution in [2.24, 2.45) is 0 Å². The van der Waals surface area contributed by atoms with E-state index < -0.39 is 0 Å². The fourth-order valence-electron chi connectivity index (χ4n) is 3.29. The molecule has 0 aliphatic carbocycles. The zero-order chi connectivity index (χ0) is 19.6. The number of amides is 1. The molecule has 1 N–H and O–H groups in total. The number of carbonyl (C=O) groups excluding carboxylic acids is 2. The lowest BCUT2D eigenvalue weighted by Crippen LogP contribution is -2.37. The van der Waals surface area contributed by atoms with E-state index >= 15 is 0 Å². The second-order valence-electron chi connectivity index (χ2n) is 6.75. The molecule has 0 spiro atoms. The Balaban J connectivity index is 1.86. The number of nitrogens with zero attached hydrogens (tertiary/aromatic N) is 1. The molecular formula is C21H32N2O4. The average Bonchev–Trinajstić information content (AvgIpc) is 3.08. The Kier molecular flexibility index (Phi) is 8.58. The van der Waals surface area contributed by atoms with E-state index in [0.717, 1.165) is 42.7 Å². The first-order valence-electron chi connectivity index (χ1n) is 10.0. The van der Waals surface area contributed by atoms with E-state index in [1.165, 1.54) is 0 Å². The summed E-state index contributed by atoms with van der Waals surface area (Å²) in [5.74, 6) is 0.657. The van der Waals surface area contributed by atoms with E-state index in [0.29, 0.717) is 19.7 Å². The van der Waals surface area contributed by atoms with Gasteiger partial charge in [-0.05, 0) is 49.9 Å². The monoisotopic (exact) mass is 376 g/mol. The summed E-state index contributed by atoms with van der Waals surface area (Å²) in [5, 5.41) is 3.02. The highest BCUT2D eigenvalue weighted by atomic mass is 16.5. The molecule has 0 bridgehead atoms. The number of nitrogens with one attached hydrogen (secondary N) is 1. The highest BCUT2D eigenvalue weighted by Crippen LogP contribution is 2.32. The minimum atomic E-state index is -0.245. The Morgan fingerprint density at radius 3 is 2.78 bits per heavy atom. The third-order valence-electron chi connectivity index (χ3n) is 4.70. The first-order chi connectivity index (χ1) is 13.1. The molecule has 1 aliphatic rings. The Morgan fingerprint density at radius 1 is 1.26 bits per heavy atom. The Labute approximate surface area is 162 Å². The lowest BCUT2D eigenvalue weighted by molar-refractivity contribution is -0.143. The van der Waals surface area contributed by atoms with Crippen LogP contribution in [0.1, 0.15) is 52.0 Å². The number of hydrogen-bond donors (Lipinski definition) is 1. The van der Waals surface area contributed by atoms with Gasteiger partial charge in [0.1, 0.15) is 5.75 Å². The first kappa shape index (κ1) is 21.2. The van der Waals surface area contributed by atoms with Crippen LogP contribution < -0.4 is 15.0 Å². The number of rotatable bonds is 11. The number of carbonyl (C=O) groups is 2. The van der Waals surface area contributed by atoms with Gasteiger partial charge in [0.05, 0.1) is 25.7 Å². The van der Waals surface area contributed by atoms with E-state index in [2.05, 4.69) is 25.2 Å². The average molecular weight is 376 g/mol. The van der Waals surface area contributed by atoms with Crippen molar-refractivity contribution in [1.29, 1.82) is 0 Å². The third-order valence-corrected chi connectivity index (χ3v) is 4.70. The molecule has 0 radical (unpaired) electrons. The fourth-order valence-corrected chi connectivity index (χ4v) is 3.29.